The summed E-state index contributed by atoms with van der Waals surface area (Å²) in [4.78, 5) is 11.7. The SMILES string of the molecule is CC1C2CC3CC1CC(C2)C3(CC(=O)O)Cc1cccc(Cl)c1. The van der Waals surface area contributed by atoms with Gasteiger partial charge in [-0.2, -0.15) is 0 Å². The summed E-state index contributed by atoms with van der Waals surface area (Å²) in [6.45, 7) is 2.42. The molecule has 4 aliphatic carbocycles. The van der Waals surface area contributed by atoms with Crippen LogP contribution in [0.3, 0.4) is 0 Å². The van der Waals surface area contributed by atoms with Crippen LogP contribution in [0.4, 0.5) is 0 Å². The topological polar surface area (TPSA) is 37.3 Å². The van der Waals surface area contributed by atoms with Crippen LogP contribution < -0.4 is 0 Å². The number of carboxylic acid groups (broad SMARTS) is 1. The minimum atomic E-state index is -0.632. The predicted octanol–water partition coefficient (Wildman–Crippen LogP) is 5.05. The van der Waals surface area contributed by atoms with Crippen molar-refractivity contribution in [1.82, 2.24) is 0 Å². The van der Waals surface area contributed by atoms with Crippen LogP contribution in [0.5, 0.6) is 0 Å². The van der Waals surface area contributed by atoms with Gasteiger partial charge in [-0.3, -0.25) is 4.79 Å². The molecule has 5 rings (SSSR count). The second kappa shape index (κ2) is 5.51. The third-order valence-electron chi connectivity index (χ3n) is 7.36. The van der Waals surface area contributed by atoms with Gasteiger partial charge >= 0.3 is 5.97 Å². The summed E-state index contributed by atoms with van der Waals surface area (Å²) in [6.07, 6.45) is 6.15. The molecule has 0 aromatic heterocycles. The van der Waals surface area contributed by atoms with Crippen LogP contribution in [0.15, 0.2) is 24.3 Å². The van der Waals surface area contributed by atoms with Gasteiger partial charge in [0.2, 0.25) is 0 Å². The molecule has 124 valence electrons. The fraction of sp³-hybridized carbons (Fsp3) is 0.650. The number of carboxylic acids is 1. The molecule has 0 atom stereocenters. The van der Waals surface area contributed by atoms with Gasteiger partial charge in [0.05, 0.1) is 6.42 Å². The van der Waals surface area contributed by atoms with Crippen LogP contribution >= 0.6 is 11.6 Å². The Hall–Kier alpha value is -1.02. The van der Waals surface area contributed by atoms with Gasteiger partial charge in [0.25, 0.3) is 0 Å². The molecule has 0 spiro atoms. The zero-order valence-electron chi connectivity index (χ0n) is 13.7. The molecule has 2 nitrogen and oxygen atoms in total. The molecular formula is C20H25ClO2. The van der Waals surface area contributed by atoms with E-state index in [-0.39, 0.29) is 5.41 Å². The number of rotatable bonds is 4. The Morgan fingerprint density at radius 3 is 2.35 bits per heavy atom. The van der Waals surface area contributed by atoms with Crippen molar-refractivity contribution < 1.29 is 9.90 Å². The molecule has 0 saturated heterocycles. The summed E-state index contributed by atoms with van der Waals surface area (Å²) in [5.41, 5.74) is 1.16. The zero-order chi connectivity index (χ0) is 16.2. The molecule has 1 aromatic rings. The van der Waals surface area contributed by atoms with Crippen LogP contribution in [0.25, 0.3) is 0 Å². The first-order chi connectivity index (χ1) is 11.0. The van der Waals surface area contributed by atoms with Crippen LogP contribution in [0.2, 0.25) is 5.02 Å². The third-order valence-corrected chi connectivity index (χ3v) is 7.60. The average Bonchev–Trinajstić information content (AvgIpc) is 2.45. The second-order valence-electron chi connectivity index (χ2n) is 8.33. The smallest absolute Gasteiger partial charge is 0.303 e. The van der Waals surface area contributed by atoms with E-state index in [1.54, 1.807) is 0 Å². The number of aliphatic carboxylic acids is 1. The van der Waals surface area contributed by atoms with E-state index in [4.69, 9.17) is 11.6 Å². The maximum absolute atomic E-state index is 11.7. The fourth-order valence-electron chi connectivity index (χ4n) is 6.31. The van der Waals surface area contributed by atoms with Crippen molar-refractivity contribution in [1.29, 1.82) is 0 Å². The van der Waals surface area contributed by atoms with Crippen LogP contribution in [0, 0.1) is 35.0 Å². The quantitative estimate of drug-likeness (QED) is 0.838. The van der Waals surface area contributed by atoms with E-state index < -0.39 is 5.97 Å². The Morgan fingerprint density at radius 1 is 1.22 bits per heavy atom. The molecule has 0 radical (unpaired) electrons. The van der Waals surface area contributed by atoms with Gasteiger partial charge in [-0.25, -0.2) is 0 Å². The molecule has 4 saturated carbocycles. The van der Waals surface area contributed by atoms with Gasteiger partial charge in [-0.1, -0.05) is 30.7 Å². The highest BCUT2D eigenvalue weighted by atomic mass is 35.5. The van der Waals surface area contributed by atoms with Gasteiger partial charge in [-0.15, -0.1) is 0 Å². The first-order valence-corrected chi connectivity index (χ1v) is 9.32. The van der Waals surface area contributed by atoms with Gasteiger partial charge in [0.1, 0.15) is 0 Å². The molecule has 4 aliphatic rings. The molecule has 3 heteroatoms. The monoisotopic (exact) mass is 332 g/mol. The first kappa shape index (κ1) is 15.5. The van der Waals surface area contributed by atoms with Crippen molar-refractivity contribution in [3.8, 4) is 0 Å². The first-order valence-electron chi connectivity index (χ1n) is 8.94. The van der Waals surface area contributed by atoms with Gasteiger partial charge in [-0.05, 0) is 84.8 Å². The summed E-state index contributed by atoms with van der Waals surface area (Å²) < 4.78 is 0. The van der Waals surface area contributed by atoms with Crippen molar-refractivity contribution in [2.24, 2.45) is 35.0 Å². The van der Waals surface area contributed by atoms with Gasteiger partial charge in [0, 0.05) is 5.02 Å². The Bertz CT molecular complexity index is 594. The third kappa shape index (κ3) is 2.50. The van der Waals surface area contributed by atoms with Gasteiger partial charge in [0.15, 0.2) is 0 Å². The average molecular weight is 333 g/mol. The van der Waals surface area contributed by atoms with Crippen molar-refractivity contribution in [3.63, 3.8) is 0 Å². The molecule has 23 heavy (non-hydrogen) atoms. The van der Waals surface area contributed by atoms with E-state index in [1.807, 2.05) is 18.2 Å². The molecule has 1 aromatic carbocycles. The Morgan fingerprint density at radius 2 is 1.83 bits per heavy atom. The molecule has 0 aliphatic heterocycles. The minimum Gasteiger partial charge on any atom is -0.481 e. The molecular weight excluding hydrogens is 308 g/mol. The highest BCUT2D eigenvalue weighted by Crippen LogP contribution is 2.66. The van der Waals surface area contributed by atoms with E-state index in [2.05, 4.69) is 13.0 Å². The molecule has 4 fully saturated rings. The lowest BCUT2D eigenvalue weighted by Gasteiger charge is -2.63. The van der Waals surface area contributed by atoms with Crippen molar-refractivity contribution in [2.45, 2.75) is 45.4 Å². The standard InChI is InChI=1S/C20H25ClO2/c1-12-14-6-16-8-15(12)9-17(7-14)20(16,11-19(22)23)10-13-3-2-4-18(21)5-13/h2-5,12,14-17H,6-11H2,1H3,(H,22,23). The predicted molar refractivity (Wildman–Crippen MR) is 91.4 cm³/mol. The summed E-state index contributed by atoms with van der Waals surface area (Å²) in [7, 11) is 0. The number of hydrogen-bond acceptors (Lipinski definition) is 1. The summed E-state index contributed by atoms with van der Waals surface area (Å²) in [5.74, 6) is 3.04. The molecule has 0 amide bonds. The van der Waals surface area contributed by atoms with Crippen molar-refractivity contribution in [3.05, 3.63) is 34.9 Å². The van der Waals surface area contributed by atoms with E-state index in [1.165, 1.54) is 31.2 Å². The van der Waals surface area contributed by atoms with E-state index in [0.717, 1.165) is 29.2 Å². The number of halogens is 1. The zero-order valence-corrected chi connectivity index (χ0v) is 14.4. The Kier molecular flexibility index (Phi) is 3.72. The van der Waals surface area contributed by atoms with Crippen molar-refractivity contribution in [2.75, 3.05) is 0 Å². The largest absolute Gasteiger partial charge is 0.481 e. The highest BCUT2D eigenvalue weighted by molar-refractivity contribution is 6.30. The van der Waals surface area contributed by atoms with Crippen LogP contribution in [-0.2, 0) is 11.2 Å². The Labute approximate surface area is 143 Å². The minimum absolute atomic E-state index is 0.0519. The Balaban J connectivity index is 1.69. The fourth-order valence-corrected chi connectivity index (χ4v) is 6.52. The molecule has 1 N–H and O–H groups in total. The maximum Gasteiger partial charge on any atom is 0.303 e. The van der Waals surface area contributed by atoms with E-state index in [9.17, 15) is 9.90 Å². The van der Waals surface area contributed by atoms with Crippen LogP contribution in [0.1, 0.15) is 44.6 Å². The second-order valence-corrected chi connectivity index (χ2v) is 8.76. The summed E-state index contributed by atoms with van der Waals surface area (Å²) >= 11 is 6.17. The molecule has 0 unspecified atom stereocenters. The number of carbonyl (C=O) groups is 1. The molecule has 0 heterocycles. The van der Waals surface area contributed by atoms with Crippen molar-refractivity contribution >= 4 is 17.6 Å². The van der Waals surface area contributed by atoms with Gasteiger partial charge < -0.3 is 5.11 Å². The van der Waals surface area contributed by atoms with Crippen LogP contribution in [-0.4, -0.2) is 11.1 Å². The normalized spacial score (nSPS) is 41.2. The lowest BCUT2D eigenvalue weighted by atomic mass is 9.41. The lowest BCUT2D eigenvalue weighted by molar-refractivity contribution is -0.162. The summed E-state index contributed by atoms with van der Waals surface area (Å²) in [5, 5.41) is 10.4. The number of hydrogen-bond donors (Lipinski definition) is 1. The lowest BCUT2D eigenvalue weighted by Crippen LogP contribution is -2.57. The van der Waals surface area contributed by atoms with E-state index in [0.29, 0.717) is 18.3 Å². The highest BCUT2D eigenvalue weighted by Gasteiger charge is 2.59. The molecule has 4 bridgehead atoms. The number of benzene rings is 1. The van der Waals surface area contributed by atoms with E-state index >= 15 is 0 Å². The summed E-state index contributed by atoms with van der Waals surface area (Å²) in [6, 6.07) is 8.03. The maximum atomic E-state index is 11.7.